The largest absolute Gasteiger partial charge is 0.458 e. The first kappa shape index (κ1) is 30.5. The number of hydrogen-bond acceptors (Lipinski definition) is 6. The van der Waals surface area contributed by atoms with Crippen molar-refractivity contribution in [2.75, 3.05) is 62.0 Å². The van der Waals surface area contributed by atoms with Crippen molar-refractivity contribution in [2.24, 2.45) is 40.4 Å². The Balaban J connectivity index is 1.33. The summed E-state index contributed by atoms with van der Waals surface area (Å²) >= 11 is 0. The standard InChI is InChI=1S/C33H54N2O6/c1-32-13-11-23(40-29(37)18-34(3,4)5)16-22(32)9-10-24-25(32)12-14-33(2)26(24)17-27(41-30(38)19-35(6,7)8)31(33)21-15-28(36)39-20-21/h15,22-27,31H,9-14,16-20H2,1-8H3/q+2/t22?,23?,24?,25-,26?,27?,31?,32?,33?/m0/s1. The zero-order valence-corrected chi connectivity index (χ0v) is 26.7. The van der Waals surface area contributed by atoms with Crippen LogP contribution in [0.2, 0.25) is 0 Å². The van der Waals surface area contributed by atoms with Crippen LogP contribution >= 0.6 is 0 Å². The van der Waals surface area contributed by atoms with Crippen molar-refractivity contribution in [3.63, 3.8) is 0 Å². The van der Waals surface area contributed by atoms with Gasteiger partial charge in [0.15, 0.2) is 13.1 Å². The van der Waals surface area contributed by atoms with E-state index in [1.165, 1.54) is 6.42 Å². The molecule has 0 amide bonds. The first-order valence-corrected chi connectivity index (χ1v) is 15.9. The van der Waals surface area contributed by atoms with Gasteiger partial charge in [-0.1, -0.05) is 13.8 Å². The summed E-state index contributed by atoms with van der Waals surface area (Å²) in [6.07, 6.45) is 9.94. The Morgan fingerprint density at radius 1 is 0.854 bits per heavy atom. The molecular formula is C33H54N2O6+2. The average molecular weight is 575 g/mol. The van der Waals surface area contributed by atoms with Crippen LogP contribution in [0.3, 0.4) is 0 Å². The molecule has 0 N–H and O–H groups in total. The fourth-order valence-corrected chi connectivity index (χ4v) is 9.87. The molecular weight excluding hydrogens is 520 g/mol. The van der Waals surface area contributed by atoms with E-state index in [1.54, 1.807) is 6.08 Å². The van der Waals surface area contributed by atoms with Gasteiger partial charge < -0.3 is 23.2 Å². The van der Waals surface area contributed by atoms with E-state index in [1.807, 2.05) is 42.3 Å². The molecule has 5 aliphatic rings. The molecule has 0 saturated heterocycles. The molecule has 8 nitrogen and oxygen atoms in total. The van der Waals surface area contributed by atoms with Crippen LogP contribution in [-0.4, -0.2) is 101 Å². The lowest BCUT2D eigenvalue weighted by Gasteiger charge is -2.61. The summed E-state index contributed by atoms with van der Waals surface area (Å²) in [6.45, 7) is 5.95. The lowest BCUT2D eigenvalue weighted by Crippen LogP contribution is -2.54. The van der Waals surface area contributed by atoms with E-state index in [0.717, 1.165) is 50.5 Å². The molecule has 5 rings (SSSR count). The second-order valence-electron chi connectivity index (χ2n) is 16.6. The topological polar surface area (TPSA) is 78.9 Å². The highest BCUT2D eigenvalue weighted by atomic mass is 16.6. The minimum atomic E-state index is -0.274. The quantitative estimate of drug-likeness (QED) is 0.260. The monoisotopic (exact) mass is 574 g/mol. The van der Waals surface area contributed by atoms with Crippen molar-refractivity contribution < 1.29 is 37.6 Å². The molecule has 0 aromatic rings. The number of esters is 3. The van der Waals surface area contributed by atoms with E-state index < -0.39 is 0 Å². The van der Waals surface area contributed by atoms with Gasteiger partial charge >= 0.3 is 17.9 Å². The molecule has 4 aliphatic carbocycles. The van der Waals surface area contributed by atoms with Gasteiger partial charge in [0.25, 0.3) is 0 Å². The molecule has 0 aromatic heterocycles. The molecule has 1 heterocycles. The maximum atomic E-state index is 13.1. The van der Waals surface area contributed by atoms with Gasteiger partial charge in [0.2, 0.25) is 0 Å². The number of rotatable bonds is 7. The highest BCUT2D eigenvalue weighted by Gasteiger charge is 2.64. The highest BCUT2D eigenvalue weighted by molar-refractivity contribution is 5.85. The molecule has 4 saturated carbocycles. The van der Waals surface area contributed by atoms with Crippen LogP contribution in [0, 0.1) is 40.4 Å². The molecule has 0 radical (unpaired) electrons. The van der Waals surface area contributed by atoms with Crippen LogP contribution < -0.4 is 0 Å². The van der Waals surface area contributed by atoms with Crippen molar-refractivity contribution >= 4 is 17.9 Å². The van der Waals surface area contributed by atoms with Gasteiger partial charge in [-0.2, -0.15) is 0 Å². The zero-order valence-electron chi connectivity index (χ0n) is 26.7. The van der Waals surface area contributed by atoms with Gasteiger partial charge in [0.05, 0.1) is 42.3 Å². The Bertz CT molecular complexity index is 1090. The minimum Gasteiger partial charge on any atom is -0.458 e. The van der Waals surface area contributed by atoms with Crippen molar-refractivity contribution in [3.8, 4) is 0 Å². The third kappa shape index (κ3) is 6.11. The third-order valence-electron chi connectivity index (χ3n) is 11.5. The third-order valence-corrected chi connectivity index (χ3v) is 11.5. The fourth-order valence-electron chi connectivity index (χ4n) is 9.87. The van der Waals surface area contributed by atoms with Crippen molar-refractivity contribution in [3.05, 3.63) is 11.6 Å². The molecule has 8 heteroatoms. The van der Waals surface area contributed by atoms with Gasteiger partial charge in [0.1, 0.15) is 18.8 Å². The Morgan fingerprint density at radius 3 is 2.10 bits per heavy atom. The van der Waals surface area contributed by atoms with Gasteiger partial charge in [-0.05, 0) is 91.4 Å². The van der Waals surface area contributed by atoms with Crippen LogP contribution in [0.1, 0.15) is 65.2 Å². The summed E-state index contributed by atoms with van der Waals surface area (Å²) in [7, 11) is 12.1. The predicted molar refractivity (Wildman–Crippen MR) is 155 cm³/mol. The van der Waals surface area contributed by atoms with E-state index in [-0.39, 0.29) is 46.9 Å². The summed E-state index contributed by atoms with van der Waals surface area (Å²) in [5.41, 5.74) is 1.23. The molecule has 41 heavy (non-hydrogen) atoms. The smallest absolute Gasteiger partial charge is 0.362 e. The summed E-state index contributed by atoms with van der Waals surface area (Å²) in [5, 5.41) is 0. The minimum absolute atomic E-state index is 0.0242. The second kappa shape index (κ2) is 10.7. The summed E-state index contributed by atoms with van der Waals surface area (Å²) in [4.78, 5) is 37.8. The Morgan fingerprint density at radius 2 is 1.49 bits per heavy atom. The van der Waals surface area contributed by atoms with Crippen molar-refractivity contribution in [1.82, 2.24) is 0 Å². The molecule has 0 bridgehead atoms. The summed E-state index contributed by atoms with van der Waals surface area (Å²) in [5.74, 6) is 1.73. The number of carbonyl (C=O) groups excluding carboxylic acids is 3. The maximum absolute atomic E-state index is 13.1. The Hall–Kier alpha value is -1.93. The van der Waals surface area contributed by atoms with Crippen molar-refractivity contribution in [1.29, 1.82) is 0 Å². The molecule has 0 spiro atoms. The summed E-state index contributed by atoms with van der Waals surface area (Å²) in [6, 6.07) is 0. The second-order valence-corrected chi connectivity index (χ2v) is 16.6. The molecule has 230 valence electrons. The van der Waals surface area contributed by atoms with Crippen LogP contribution in [0.25, 0.3) is 0 Å². The van der Waals surface area contributed by atoms with Crippen LogP contribution in [0.5, 0.6) is 0 Å². The average Bonchev–Trinajstić information content (AvgIpc) is 3.36. The van der Waals surface area contributed by atoms with Gasteiger partial charge in [-0.25, -0.2) is 14.4 Å². The van der Waals surface area contributed by atoms with E-state index >= 15 is 0 Å². The van der Waals surface area contributed by atoms with E-state index in [2.05, 4.69) is 13.8 Å². The Kier molecular flexibility index (Phi) is 7.93. The number of nitrogens with zero attached hydrogens (tertiary/aromatic N) is 2. The summed E-state index contributed by atoms with van der Waals surface area (Å²) < 4.78 is 18.8. The Labute approximate surface area is 246 Å². The molecule has 9 atom stereocenters. The number of hydrogen-bond donors (Lipinski definition) is 0. The zero-order chi connectivity index (χ0) is 30.0. The number of cyclic esters (lactones) is 1. The molecule has 0 aromatic carbocycles. The van der Waals surface area contributed by atoms with Gasteiger partial charge in [-0.15, -0.1) is 0 Å². The number of ether oxygens (including phenoxy) is 3. The van der Waals surface area contributed by atoms with E-state index in [4.69, 9.17) is 14.2 Å². The fraction of sp³-hybridized carbons (Fsp3) is 0.848. The molecule has 8 unspecified atom stereocenters. The van der Waals surface area contributed by atoms with Crippen LogP contribution in [0.15, 0.2) is 11.6 Å². The number of carbonyl (C=O) groups is 3. The number of likely N-dealkylation sites (N-methyl/N-ethyl adjacent to an activating group) is 2. The van der Waals surface area contributed by atoms with Crippen molar-refractivity contribution in [2.45, 2.75) is 77.4 Å². The maximum Gasteiger partial charge on any atom is 0.362 e. The van der Waals surface area contributed by atoms with Gasteiger partial charge in [-0.3, -0.25) is 0 Å². The van der Waals surface area contributed by atoms with E-state index in [0.29, 0.717) is 52.3 Å². The first-order chi connectivity index (χ1) is 19.0. The predicted octanol–water partition coefficient (Wildman–Crippen LogP) is 3.97. The normalized spacial score (nSPS) is 40.5. The first-order valence-electron chi connectivity index (χ1n) is 15.9. The lowest BCUT2D eigenvalue weighted by molar-refractivity contribution is -0.862. The molecule has 4 fully saturated rings. The number of fused-ring (bicyclic) bond motifs is 5. The van der Waals surface area contributed by atoms with Crippen LogP contribution in [0.4, 0.5) is 0 Å². The van der Waals surface area contributed by atoms with E-state index in [9.17, 15) is 14.4 Å². The number of quaternary nitrogens is 2. The highest BCUT2D eigenvalue weighted by Crippen LogP contribution is 2.68. The SMILES string of the molecule is CC12CC[C@H]3C(CCC4CC(OC(=O)C[N+](C)(C)C)CCC43C)C1CC(OC(=O)C[N+](C)(C)C)C2C1=CC(=O)OC1. The van der Waals surface area contributed by atoms with Gasteiger partial charge in [0, 0.05) is 12.0 Å². The lowest BCUT2D eigenvalue weighted by atomic mass is 9.44. The van der Waals surface area contributed by atoms with Crippen LogP contribution in [-0.2, 0) is 28.6 Å². The molecule has 1 aliphatic heterocycles.